The van der Waals surface area contributed by atoms with Gasteiger partial charge in [0, 0.05) is 4.47 Å². The highest BCUT2D eigenvalue weighted by Gasteiger charge is 2.27. The smallest absolute Gasteiger partial charge is 0.367 e. The molecule has 0 aliphatic rings. The van der Waals surface area contributed by atoms with Gasteiger partial charge in [-0.25, -0.2) is 0 Å². The lowest BCUT2D eigenvalue weighted by Gasteiger charge is -2.08. The summed E-state index contributed by atoms with van der Waals surface area (Å²) in [7, 11) is 0. The highest BCUT2D eigenvalue weighted by atomic mass is 79.9. The van der Waals surface area contributed by atoms with Crippen LogP contribution in [0.25, 0.3) is 0 Å². The molecule has 1 aromatic carbocycles. The van der Waals surface area contributed by atoms with Crippen molar-refractivity contribution in [2.24, 2.45) is 0 Å². The summed E-state index contributed by atoms with van der Waals surface area (Å²) in [6.07, 6.45) is -4.26. The van der Waals surface area contributed by atoms with E-state index < -0.39 is 12.8 Å². The van der Waals surface area contributed by atoms with Gasteiger partial charge in [-0.3, -0.25) is 0 Å². The first-order chi connectivity index (χ1) is 6.49. The summed E-state index contributed by atoms with van der Waals surface area (Å²) in [5.41, 5.74) is 0.705. The lowest BCUT2D eigenvalue weighted by atomic mass is 10.2. The van der Waals surface area contributed by atoms with E-state index in [0.717, 1.165) is 4.47 Å². The summed E-state index contributed by atoms with van der Waals surface area (Å²) < 4.78 is 40.4. The van der Waals surface area contributed by atoms with Gasteiger partial charge in [-0.1, -0.05) is 34.1 Å². The highest BCUT2D eigenvalue weighted by molar-refractivity contribution is 9.10. The molecule has 0 saturated heterocycles. The van der Waals surface area contributed by atoms with Gasteiger partial charge < -0.3 is 4.74 Å². The molecule has 0 fully saturated rings. The maximum absolute atomic E-state index is 11.7. The molecule has 0 N–H and O–H groups in total. The fraction of sp³-hybridized carbons (Fsp3) is 0.333. The Kier molecular flexibility index (Phi) is 3.95. The lowest BCUT2D eigenvalue weighted by Crippen LogP contribution is -2.16. The summed E-state index contributed by atoms with van der Waals surface area (Å²) in [4.78, 5) is 0. The van der Waals surface area contributed by atoms with Gasteiger partial charge in [-0.05, 0) is 11.6 Å². The van der Waals surface area contributed by atoms with E-state index in [-0.39, 0.29) is 6.61 Å². The van der Waals surface area contributed by atoms with Gasteiger partial charge in [0.1, 0.15) is 6.61 Å². The van der Waals surface area contributed by atoms with Gasteiger partial charge in [0.05, 0.1) is 6.61 Å². The average Bonchev–Trinajstić information content (AvgIpc) is 2.06. The van der Waals surface area contributed by atoms with Gasteiger partial charge >= 0.3 is 6.18 Å². The fourth-order valence-electron chi connectivity index (χ4n) is 0.892. The minimum atomic E-state index is -4.26. The molecule has 0 heterocycles. The van der Waals surface area contributed by atoms with E-state index in [1.807, 2.05) is 0 Å². The van der Waals surface area contributed by atoms with Crippen molar-refractivity contribution < 1.29 is 17.9 Å². The van der Waals surface area contributed by atoms with Crippen molar-refractivity contribution in [2.75, 3.05) is 6.61 Å². The van der Waals surface area contributed by atoms with E-state index >= 15 is 0 Å². The second-order valence-electron chi connectivity index (χ2n) is 2.70. The second kappa shape index (κ2) is 4.79. The molecule has 5 heteroatoms. The molecule has 0 bridgehead atoms. The van der Waals surface area contributed by atoms with Crippen molar-refractivity contribution in [3.05, 3.63) is 34.3 Å². The number of halogens is 4. The molecule has 0 unspecified atom stereocenters. The normalized spacial score (nSPS) is 11.7. The summed E-state index contributed by atoms with van der Waals surface area (Å²) in [6, 6.07) is 7.00. The van der Waals surface area contributed by atoms with Gasteiger partial charge in [0.15, 0.2) is 0 Å². The molecule has 0 aromatic heterocycles. The molecule has 0 aliphatic heterocycles. The standard InChI is InChI=1S/C9H8BrF3O/c10-8-4-2-1-3-7(8)5-14-6-9(11,12)13/h1-4H,5-6H2. The van der Waals surface area contributed by atoms with Crippen molar-refractivity contribution >= 4 is 15.9 Å². The van der Waals surface area contributed by atoms with Crippen LogP contribution in [0.3, 0.4) is 0 Å². The first-order valence-electron chi connectivity index (χ1n) is 3.87. The van der Waals surface area contributed by atoms with Crippen LogP contribution in [-0.2, 0) is 11.3 Å². The van der Waals surface area contributed by atoms with Crippen molar-refractivity contribution in [2.45, 2.75) is 12.8 Å². The van der Waals surface area contributed by atoms with Gasteiger partial charge in [0.25, 0.3) is 0 Å². The van der Waals surface area contributed by atoms with Crippen molar-refractivity contribution in [1.29, 1.82) is 0 Å². The first-order valence-corrected chi connectivity index (χ1v) is 4.66. The number of benzene rings is 1. The third-order valence-electron chi connectivity index (χ3n) is 1.48. The molecule has 1 rings (SSSR count). The molecule has 1 aromatic rings. The summed E-state index contributed by atoms with van der Waals surface area (Å²) in [5, 5.41) is 0. The van der Waals surface area contributed by atoms with Crippen molar-refractivity contribution in [3.63, 3.8) is 0 Å². The minimum absolute atomic E-state index is 0.0407. The predicted molar refractivity (Wildman–Crippen MR) is 49.9 cm³/mol. The molecule has 78 valence electrons. The number of hydrogen-bond donors (Lipinski definition) is 0. The van der Waals surface area contributed by atoms with Gasteiger partial charge in [-0.2, -0.15) is 13.2 Å². The van der Waals surface area contributed by atoms with E-state index in [2.05, 4.69) is 20.7 Å². The molecular formula is C9H8BrF3O. The monoisotopic (exact) mass is 268 g/mol. The minimum Gasteiger partial charge on any atom is -0.367 e. The topological polar surface area (TPSA) is 9.23 Å². The van der Waals surface area contributed by atoms with Crippen molar-refractivity contribution in [3.8, 4) is 0 Å². The molecule has 0 radical (unpaired) electrons. The zero-order valence-electron chi connectivity index (χ0n) is 7.14. The third-order valence-corrected chi connectivity index (χ3v) is 2.25. The molecule has 0 aliphatic carbocycles. The zero-order valence-corrected chi connectivity index (χ0v) is 8.73. The van der Waals surface area contributed by atoms with Gasteiger partial charge in [0.2, 0.25) is 0 Å². The van der Waals surface area contributed by atoms with Crippen LogP contribution in [0.15, 0.2) is 28.7 Å². The Hall–Kier alpha value is -0.550. The van der Waals surface area contributed by atoms with Crippen LogP contribution in [0.4, 0.5) is 13.2 Å². The first kappa shape index (κ1) is 11.5. The van der Waals surface area contributed by atoms with E-state index in [1.54, 1.807) is 24.3 Å². The quantitative estimate of drug-likeness (QED) is 0.815. The summed E-state index contributed by atoms with van der Waals surface area (Å²) in [6.45, 7) is -1.25. The molecule has 0 saturated carbocycles. The maximum atomic E-state index is 11.7. The largest absolute Gasteiger partial charge is 0.411 e. The van der Waals surface area contributed by atoms with Crippen LogP contribution in [0.5, 0.6) is 0 Å². The Morgan fingerprint density at radius 2 is 1.86 bits per heavy atom. The van der Waals surface area contributed by atoms with E-state index in [9.17, 15) is 13.2 Å². The van der Waals surface area contributed by atoms with Gasteiger partial charge in [-0.15, -0.1) is 0 Å². The Labute approximate surface area is 88.0 Å². The molecular weight excluding hydrogens is 261 g/mol. The predicted octanol–water partition coefficient (Wildman–Crippen LogP) is 3.53. The van der Waals surface area contributed by atoms with Crippen LogP contribution in [-0.4, -0.2) is 12.8 Å². The molecule has 14 heavy (non-hydrogen) atoms. The Balaban J connectivity index is 2.43. The fourth-order valence-corrected chi connectivity index (χ4v) is 1.29. The van der Waals surface area contributed by atoms with Crippen LogP contribution in [0, 0.1) is 0 Å². The highest BCUT2D eigenvalue weighted by Crippen LogP contribution is 2.19. The van der Waals surface area contributed by atoms with Crippen LogP contribution >= 0.6 is 15.9 Å². The molecule has 1 nitrogen and oxygen atoms in total. The number of rotatable bonds is 3. The number of ether oxygens (including phenoxy) is 1. The van der Waals surface area contributed by atoms with Crippen LogP contribution in [0.2, 0.25) is 0 Å². The van der Waals surface area contributed by atoms with E-state index in [4.69, 9.17) is 0 Å². The number of hydrogen-bond acceptors (Lipinski definition) is 1. The van der Waals surface area contributed by atoms with Crippen molar-refractivity contribution in [1.82, 2.24) is 0 Å². The molecule has 0 spiro atoms. The molecule has 0 atom stereocenters. The third kappa shape index (κ3) is 4.11. The lowest BCUT2D eigenvalue weighted by molar-refractivity contribution is -0.176. The van der Waals surface area contributed by atoms with E-state index in [0.29, 0.717) is 5.56 Å². The average molecular weight is 269 g/mol. The van der Waals surface area contributed by atoms with Crippen LogP contribution < -0.4 is 0 Å². The maximum Gasteiger partial charge on any atom is 0.411 e. The summed E-state index contributed by atoms with van der Waals surface area (Å²) in [5.74, 6) is 0. The molecule has 0 amide bonds. The Bertz CT molecular complexity index is 298. The Morgan fingerprint density at radius 1 is 1.21 bits per heavy atom. The number of alkyl halides is 3. The summed E-state index contributed by atoms with van der Waals surface area (Å²) >= 11 is 3.22. The Morgan fingerprint density at radius 3 is 2.43 bits per heavy atom. The zero-order chi connectivity index (χ0) is 10.6. The van der Waals surface area contributed by atoms with E-state index in [1.165, 1.54) is 0 Å². The SMILES string of the molecule is FC(F)(F)COCc1ccccc1Br. The van der Waals surface area contributed by atoms with Crippen LogP contribution in [0.1, 0.15) is 5.56 Å². The second-order valence-corrected chi connectivity index (χ2v) is 3.55.